The molecule has 0 bridgehead atoms. The highest BCUT2D eigenvalue weighted by atomic mass is 32.1. The molecule has 0 unspecified atom stereocenters. The van der Waals surface area contributed by atoms with Crippen LogP contribution in [-0.2, 0) is 0 Å². The second-order valence-electron chi connectivity index (χ2n) is 1.34. The van der Waals surface area contributed by atoms with Crippen LogP contribution in [0.5, 0.6) is 0 Å². The molecule has 0 aromatic carbocycles. The predicted molar refractivity (Wildman–Crippen MR) is 38.5 cm³/mol. The van der Waals surface area contributed by atoms with Gasteiger partial charge in [-0.15, -0.1) is 0 Å². The van der Waals surface area contributed by atoms with Crippen molar-refractivity contribution in [2.75, 3.05) is 0 Å². The molecule has 0 radical (unpaired) electrons. The molecule has 40 valence electrons. The van der Waals surface area contributed by atoms with E-state index in [1.54, 1.807) is 17.8 Å². The molecule has 0 N–H and O–H groups in total. The Bertz CT molecular complexity index is 127. The Labute approximate surface area is 53.3 Å². The fourth-order valence-electron chi connectivity index (χ4n) is 0.452. The van der Waals surface area contributed by atoms with Crippen LogP contribution in [0.15, 0.2) is 9.98 Å². The zero-order chi connectivity index (χ0) is 5.82. The Kier molecular flexibility index (Phi) is 1.75. The van der Waals surface area contributed by atoms with Crippen LogP contribution in [0.3, 0.4) is 0 Å². The minimum Gasteiger partial charge on any atom is -0.0964 e. The van der Waals surface area contributed by atoms with Gasteiger partial charge in [-0.3, -0.25) is 0 Å². The van der Waals surface area contributed by atoms with E-state index in [4.69, 9.17) is 0 Å². The predicted octanol–water partition coefficient (Wildman–Crippen LogP) is 1.02. The molecule has 0 atom stereocenters. The number of thiocarbonyl (C=S) groups is 1. The van der Waals surface area contributed by atoms with Crippen molar-refractivity contribution in [3.63, 3.8) is 0 Å². The van der Waals surface area contributed by atoms with E-state index in [0.29, 0.717) is 6.42 Å². The van der Waals surface area contributed by atoms with E-state index in [-0.39, 0.29) is 0 Å². The molecule has 0 spiro atoms. The van der Waals surface area contributed by atoms with Gasteiger partial charge in [0.15, 0.2) is 12.4 Å². The quantitative estimate of drug-likeness (QED) is 0.399. The van der Waals surface area contributed by atoms with Crippen LogP contribution in [-0.4, -0.2) is 17.8 Å². The monoisotopic (exact) mass is 125 g/mol. The SMILES string of the molecule is S=CC[C+]1N=CC=N1. The average Bonchev–Trinajstić information content (AvgIpc) is 2.19. The third-order valence-electron chi connectivity index (χ3n) is 0.780. The van der Waals surface area contributed by atoms with Crippen LogP contribution in [0, 0.1) is 6.17 Å². The normalized spacial score (nSPS) is 15.2. The molecule has 2 nitrogen and oxygen atoms in total. The van der Waals surface area contributed by atoms with Gasteiger partial charge in [0.25, 0.3) is 0 Å². The Morgan fingerprint density at radius 3 is 2.62 bits per heavy atom. The Balaban J connectivity index is 2.37. The molecule has 1 rings (SSSR count). The van der Waals surface area contributed by atoms with E-state index < -0.39 is 0 Å². The van der Waals surface area contributed by atoms with Gasteiger partial charge < -0.3 is 0 Å². The summed E-state index contributed by atoms with van der Waals surface area (Å²) in [4.78, 5) is 7.79. The van der Waals surface area contributed by atoms with Gasteiger partial charge in [-0.2, -0.15) is 0 Å². The van der Waals surface area contributed by atoms with Gasteiger partial charge in [0.05, 0.1) is 6.42 Å². The van der Waals surface area contributed by atoms with Crippen LogP contribution in [0.4, 0.5) is 0 Å². The Morgan fingerprint density at radius 2 is 2.12 bits per heavy atom. The first kappa shape index (κ1) is 5.44. The molecule has 0 aliphatic carbocycles. The molecule has 0 amide bonds. The minimum atomic E-state index is 0.697. The van der Waals surface area contributed by atoms with Gasteiger partial charge in [0, 0.05) is 0 Å². The maximum Gasteiger partial charge on any atom is 0.245 e. The lowest BCUT2D eigenvalue weighted by molar-refractivity contribution is 0.978. The third-order valence-corrected chi connectivity index (χ3v) is 0.946. The molecular weight excluding hydrogens is 120 g/mol. The maximum absolute atomic E-state index is 4.60. The van der Waals surface area contributed by atoms with E-state index in [1.807, 2.05) is 0 Å². The molecule has 0 saturated carbocycles. The summed E-state index contributed by atoms with van der Waals surface area (Å²) in [6.07, 6.45) is 4.82. The summed E-state index contributed by atoms with van der Waals surface area (Å²) >= 11 is 4.60. The highest BCUT2D eigenvalue weighted by Gasteiger charge is 2.12. The number of aliphatic imine (C=N–C) groups is 2. The molecule has 8 heavy (non-hydrogen) atoms. The molecule has 3 heteroatoms. The van der Waals surface area contributed by atoms with E-state index in [0.717, 1.165) is 6.17 Å². The summed E-state index contributed by atoms with van der Waals surface area (Å²) in [5, 5.41) is 1.62. The Hall–Kier alpha value is -0.700. The van der Waals surface area contributed by atoms with Crippen LogP contribution >= 0.6 is 12.2 Å². The van der Waals surface area contributed by atoms with E-state index >= 15 is 0 Å². The first-order valence-corrected chi connectivity index (χ1v) is 2.77. The highest BCUT2D eigenvalue weighted by molar-refractivity contribution is 7.78. The smallest absolute Gasteiger partial charge is 0.0964 e. The number of rotatable bonds is 2. The van der Waals surface area contributed by atoms with Crippen LogP contribution in [0.25, 0.3) is 0 Å². The van der Waals surface area contributed by atoms with Crippen molar-refractivity contribution < 1.29 is 0 Å². The molecule has 0 aromatic heterocycles. The average molecular weight is 125 g/mol. The molecular formula is C5H5N2S+. The van der Waals surface area contributed by atoms with Gasteiger partial charge in [-0.25, -0.2) is 0 Å². The summed E-state index contributed by atoms with van der Waals surface area (Å²) < 4.78 is 0. The summed E-state index contributed by atoms with van der Waals surface area (Å²) in [6.45, 7) is 0. The van der Waals surface area contributed by atoms with Gasteiger partial charge in [0.2, 0.25) is 6.17 Å². The fourth-order valence-corrected chi connectivity index (χ4v) is 0.601. The number of hydrogen-bond donors (Lipinski definition) is 0. The topological polar surface area (TPSA) is 24.7 Å². The molecule has 1 aliphatic rings. The zero-order valence-corrected chi connectivity index (χ0v) is 5.06. The van der Waals surface area contributed by atoms with Crippen LogP contribution in [0.1, 0.15) is 6.42 Å². The van der Waals surface area contributed by atoms with Gasteiger partial charge in [-0.05, 0) is 5.37 Å². The second-order valence-corrected chi connectivity index (χ2v) is 1.68. The number of nitrogens with zero attached hydrogens (tertiary/aromatic N) is 2. The summed E-state index contributed by atoms with van der Waals surface area (Å²) in [5.74, 6) is 0. The first-order chi connectivity index (χ1) is 3.93. The number of hydrogen-bond acceptors (Lipinski definition) is 3. The van der Waals surface area contributed by atoms with Gasteiger partial charge in [-0.1, -0.05) is 22.2 Å². The lowest BCUT2D eigenvalue weighted by Gasteiger charge is -1.83. The summed E-state index contributed by atoms with van der Waals surface area (Å²) in [7, 11) is 0. The standard InChI is InChI=1S/C5H5N2S/c8-4-1-5-6-2-3-7-5/h2-4H,1H2/q+1. The van der Waals surface area contributed by atoms with E-state index in [2.05, 4.69) is 22.2 Å². The van der Waals surface area contributed by atoms with Gasteiger partial charge >= 0.3 is 0 Å². The molecule has 1 heterocycles. The van der Waals surface area contributed by atoms with E-state index in [1.165, 1.54) is 0 Å². The van der Waals surface area contributed by atoms with Crippen molar-refractivity contribution in [3.05, 3.63) is 6.17 Å². The highest BCUT2D eigenvalue weighted by Crippen LogP contribution is 2.09. The van der Waals surface area contributed by atoms with Crippen molar-refractivity contribution in [3.8, 4) is 0 Å². The second kappa shape index (κ2) is 2.57. The molecule has 1 aliphatic heterocycles. The Morgan fingerprint density at radius 1 is 1.50 bits per heavy atom. The molecule has 0 fully saturated rings. The van der Waals surface area contributed by atoms with Crippen molar-refractivity contribution in [1.82, 2.24) is 0 Å². The molecule has 0 saturated heterocycles. The van der Waals surface area contributed by atoms with Crippen LogP contribution < -0.4 is 0 Å². The van der Waals surface area contributed by atoms with Crippen molar-refractivity contribution in [2.45, 2.75) is 6.42 Å². The van der Waals surface area contributed by atoms with Crippen molar-refractivity contribution >= 4 is 30.0 Å². The first-order valence-electron chi connectivity index (χ1n) is 2.29. The maximum atomic E-state index is 4.60. The van der Waals surface area contributed by atoms with Gasteiger partial charge in [0.1, 0.15) is 0 Å². The van der Waals surface area contributed by atoms with E-state index in [9.17, 15) is 0 Å². The molecule has 0 aromatic rings. The summed E-state index contributed by atoms with van der Waals surface area (Å²) in [6, 6.07) is 0. The van der Waals surface area contributed by atoms with Crippen molar-refractivity contribution in [1.29, 1.82) is 0 Å². The third kappa shape index (κ3) is 1.13. The zero-order valence-electron chi connectivity index (χ0n) is 4.24. The van der Waals surface area contributed by atoms with Crippen molar-refractivity contribution in [2.24, 2.45) is 9.98 Å². The summed E-state index contributed by atoms with van der Waals surface area (Å²) in [5.41, 5.74) is 0. The minimum absolute atomic E-state index is 0.697. The lowest BCUT2D eigenvalue weighted by atomic mass is 10.4. The van der Waals surface area contributed by atoms with Crippen LogP contribution in [0.2, 0.25) is 0 Å². The fraction of sp³-hybridized carbons (Fsp3) is 0.200. The largest absolute Gasteiger partial charge is 0.245 e. The lowest BCUT2D eigenvalue weighted by Crippen LogP contribution is -1.83.